The van der Waals surface area contributed by atoms with Crippen LogP contribution < -0.4 is 11.5 Å². The first-order valence-corrected chi connectivity index (χ1v) is 8.65. The Morgan fingerprint density at radius 3 is 1.33 bits per heavy atom. The Bertz CT molecular complexity index is 783. The Balaban J connectivity index is 2.76. The Hall–Kier alpha value is -2.57. The number of nitrogens with two attached hydrogens (primary N) is 2. The van der Waals surface area contributed by atoms with Gasteiger partial charge >= 0.3 is 6.18 Å². The fraction of sp³-hybridized carbons (Fsp3) is 0.400. The summed E-state index contributed by atoms with van der Waals surface area (Å²) in [5.74, 6) is -2.82. The van der Waals surface area contributed by atoms with Crippen LogP contribution in [0.25, 0.3) is 0 Å². The maximum Gasteiger partial charge on any atom is 0.399 e. The number of hydrogen-bond acceptors (Lipinski definition) is 4. The molecule has 0 bridgehead atoms. The van der Waals surface area contributed by atoms with Crippen LogP contribution in [0.15, 0.2) is 24.3 Å². The molecule has 0 spiro atoms. The van der Waals surface area contributed by atoms with E-state index >= 15 is 0 Å². The van der Waals surface area contributed by atoms with Crippen molar-refractivity contribution in [2.24, 2.45) is 0 Å². The minimum absolute atomic E-state index is 0.0821. The topological polar surface area (TPSA) is 92.5 Å². The molecule has 2 aromatic carbocycles. The molecular formula is C20H25F3N2O2. The number of halogens is 3. The largest absolute Gasteiger partial charge is 0.505 e. The molecule has 0 aliphatic rings. The monoisotopic (exact) mass is 382 g/mol. The van der Waals surface area contributed by atoms with Gasteiger partial charge in [0.15, 0.2) is 0 Å². The zero-order chi connectivity index (χ0) is 20.7. The van der Waals surface area contributed by atoms with E-state index in [0.29, 0.717) is 11.1 Å². The number of hydrogen-bond donors (Lipinski definition) is 4. The van der Waals surface area contributed by atoms with Gasteiger partial charge in [-0.3, -0.25) is 0 Å². The molecule has 2 rings (SSSR count). The van der Waals surface area contributed by atoms with Crippen LogP contribution in [0.5, 0.6) is 11.5 Å². The summed E-state index contributed by atoms with van der Waals surface area (Å²) in [6.07, 6.45) is -4.62. The molecule has 2 aromatic rings. The number of alkyl halides is 3. The standard InChI is InChI=1S/C20H25F3N2O2/c1-9(2)13-5-11(7-15(24)18(13)26)17(20(21,22)23)12-6-14(10(3)4)19(27)16(25)8-12/h5-10,17,26-27H,24-25H2,1-4H3. The minimum Gasteiger partial charge on any atom is -0.505 e. The van der Waals surface area contributed by atoms with Crippen molar-refractivity contribution in [3.63, 3.8) is 0 Å². The van der Waals surface area contributed by atoms with E-state index in [2.05, 4.69) is 0 Å². The Labute approximate surface area is 156 Å². The third-order valence-electron chi connectivity index (χ3n) is 4.62. The summed E-state index contributed by atoms with van der Waals surface area (Å²) in [6, 6.07) is 4.92. The van der Waals surface area contributed by atoms with Crippen LogP contribution in [-0.4, -0.2) is 16.4 Å². The summed E-state index contributed by atoms with van der Waals surface area (Å²) in [5.41, 5.74) is 11.8. The van der Waals surface area contributed by atoms with Gasteiger partial charge in [0.2, 0.25) is 0 Å². The summed E-state index contributed by atoms with van der Waals surface area (Å²) >= 11 is 0. The van der Waals surface area contributed by atoms with Crippen molar-refractivity contribution in [3.8, 4) is 11.5 Å². The van der Waals surface area contributed by atoms with Crippen LogP contribution in [0, 0.1) is 0 Å². The van der Waals surface area contributed by atoms with Gasteiger partial charge in [-0.05, 0) is 46.2 Å². The number of anilines is 2. The second-order valence-corrected chi connectivity index (χ2v) is 7.38. The smallest absolute Gasteiger partial charge is 0.399 e. The molecule has 27 heavy (non-hydrogen) atoms. The number of phenols is 2. The van der Waals surface area contributed by atoms with E-state index < -0.39 is 12.1 Å². The van der Waals surface area contributed by atoms with Gasteiger partial charge in [0.25, 0.3) is 0 Å². The number of rotatable bonds is 4. The van der Waals surface area contributed by atoms with Crippen molar-refractivity contribution in [3.05, 3.63) is 46.5 Å². The summed E-state index contributed by atoms with van der Waals surface area (Å²) in [7, 11) is 0. The Morgan fingerprint density at radius 1 is 0.741 bits per heavy atom. The molecular weight excluding hydrogens is 357 g/mol. The van der Waals surface area contributed by atoms with Gasteiger partial charge in [0.1, 0.15) is 17.4 Å². The first-order chi connectivity index (χ1) is 12.3. The molecule has 4 nitrogen and oxygen atoms in total. The lowest BCUT2D eigenvalue weighted by Crippen LogP contribution is -2.23. The summed E-state index contributed by atoms with van der Waals surface area (Å²) in [6.45, 7) is 7.04. The maximum atomic E-state index is 14.0. The highest BCUT2D eigenvalue weighted by atomic mass is 19.4. The van der Waals surface area contributed by atoms with Gasteiger partial charge in [-0.15, -0.1) is 0 Å². The molecule has 0 unspecified atom stereocenters. The minimum atomic E-state index is -4.62. The van der Waals surface area contributed by atoms with E-state index in [0.717, 1.165) is 12.1 Å². The number of benzene rings is 2. The normalized spacial score (nSPS) is 12.4. The van der Waals surface area contributed by atoms with Crippen LogP contribution in [0.1, 0.15) is 67.7 Å². The fourth-order valence-corrected chi connectivity index (χ4v) is 3.19. The lowest BCUT2D eigenvalue weighted by molar-refractivity contribution is -0.141. The summed E-state index contributed by atoms with van der Waals surface area (Å²) < 4.78 is 42.0. The van der Waals surface area contributed by atoms with E-state index in [1.807, 2.05) is 0 Å². The third-order valence-corrected chi connectivity index (χ3v) is 4.62. The molecule has 0 atom stereocenters. The van der Waals surface area contributed by atoms with E-state index in [1.165, 1.54) is 12.1 Å². The zero-order valence-electron chi connectivity index (χ0n) is 15.7. The van der Waals surface area contributed by atoms with Crippen molar-refractivity contribution in [1.29, 1.82) is 0 Å². The van der Waals surface area contributed by atoms with Gasteiger partial charge in [-0.1, -0.05) is 39.8 Å². The number of phenolic OH excluding ortho intramolecular Hbond substituents is 2. The highest BCUT2D eigenvalue weighted by Crippen LogP contribution is 2.46. The SMILES string of the molecule is CC(C)c1cc(C(c2cc(N)c(O)c(C(C)C)c2)C(F)(F)F)cc(N)c1O. The lowest BCUT2D eigenvalue weighted by Gasteiger charge is -2.25. The Morgan fingerprint density at radius 2 is 1.07 bits per heavy atom. The third kappa shape index (κ3) is 4.07. The average molecular weight is 382 g/mol. The summed E-state index contributed by atoms with van der Waals surface area (Å²) in [4.78, 5) is 0. The van der Waals surface area contributed by atoms with E-state index in [-0.39, 0.29) is 45.8 Å². The predicted molar refractivity (Wildman–Crippen MR) is 101 cm³/mol. The second-order valence-electron chi connectivity index (χ2n) is 7.38. The van der Waals surface area contributed by atoms with Gasteiger partial charge in [-0.2, -0.15) is 13.2 Å². The summed E-state index contributed by atoms with van der Waals surface area (Å²) in [5, 5.41) is 20.2. The molecule has 0 saturated heterocycles. The van der Waals surface area contributed by atoms with Gasteiger partial charge in [0, 0.05) is 0 Å². The molecule has 0 radical (unpaired) electrons. The average Bonchev–Trinajstić information content (AvgIpc) is 2.52. The Kier molecular flexibility index (Phi) is 5.54. The molecule has 0 aliphatic carbocycles. The molecule has 148 valence electrons. The molecule has 0 fully saturated rings. The quantitative estimate of drug-likeness (QED) is 0.432. The van der Waals surface area contributed by atoms with Crippen molar-refractivity contribution >= 4 is 11.4 Å². The van der Waals surface area contributed by atoms with Crippen molar-refractivity contribution in [2.75, 3.05) is 11.5 Å². The zero-order valence-corrected chi connectivity index (χ0v) is 15.7. The van der Waals surface area contributed by atoms with Crippen LogP contribution in [0.4, 0.5) is 24.5 Å². The van der Waals surface area contributed by atoms with Crippen molar-refractivity contribution in [1.82, 2.24) is 0 Å². The number of aromatic hydroxyl groups is 2. The van der Waals surface area contributed by atoms with Crippen LogP contribution >= 0.6 is 0 Å². The maximum absolute atomic E-state index is 14.0. The highest BCUT2D eigenvalue weighted by Gasteiger charge is 2.43. The predicted octanol–water partition coefficient (Wildman–Crippen LogP) is 5.20. The van der Waals surface area contributed by atoms with E-state index in [1.54, 1.807) is 27.7 Å². The second kappa shape index (κ2) is 7.21. The fourth-order valence-electron chi connectivity index (χ4n) is 3.19. The lowest BCUT2D eigenvalue weighted by atomic mass is 9.85. The molecule has 0 aromatic heterocycles. The number of nitrogen functional groups attached to an aromatic ring is 2. The van der Waals surface area contributed by atoms with Crippen molar-refractivity contribution in [2.45, 2.75) is 51.6 Å². The molecule has 0 aliphatic heterocycles. The first kappa shape index (κ1) is 20.7. The van der Waals surface area contributed by atoms with Gasteiger partial charge in [-0.25, -0.2) is 0 Å². The van der Waals surface area contributed by atoms with Crippen molar-refractivity contribution < 1.29 is 23.4 Å². The van der Waals surface area contributed by atoms with E-state index in [9.17, 15) is 23.4 Å². The van der Waals surface area contributed by atoms with Crippen LogP contribution in [0.3, 0.4) is 0 Å². The van der Waals surface area contributed by atoms with Gasteiger partial charge in [0.05, 0.1) is 11.4 Å². The molecule has 7 heteroatoms. The van der Waals surface area contributed by atoms with Crippen LogP contribution in [0.2, 0.25) is 0 Å². The molecule has 0 heterocycles. The van der Waals surface area contributed by atoms with Gasteiger partial charge < -0.3 is 21.7 Å². The molecule has 6 N–H and O–H groups in total. The van der Waals surface area contributed by atoms with E-state index in [4.69, 9.17) is 11.5 Å². The first-order valence-electron chi connectivity index (χ1n) is 8.65. The molecule has 0 amide bonds. The molecule has 0 saturated carbocycles. The highest BCUT2D eigenvalue weighted by molar-refractivity contribution is 5.63. The van der Waals surface area contributed by atoms with Crippen LogP contribution in [-0.2, 0) is 0 Å².